The van der Waals surface area contributed by atoms with E-state index in [9.17, 15) is 66.0 Å². The van der Waals surface area contributed by atoms with Crippen LogP contribution in [-0.2, 0) is 19.1 Å². The quantitative estimate of drug-likeness (QED) is 0.0199. The Bertz CT molecular complexity index is 4960. The number of carbonyl (C=O) groups excluding carboxylic acids is 4. The highest BCUT2D eigenvalue weighted by Crippen LogP contribution is 2.30. The number of nitrogens with two attached hydrogens (primary N) is 1. The van der Waals surface area contributed by atoms with Gasteiger partial charge in [-0.3, -0.25) is 24.9 Å². The third-order valence-corrected chi connectivity index (χ3v) is 17.0. The van der Waals surface area contributed by atoms with Gasteiger partial charge >= 0.3 is 40.8 Å². The molecule has 2 aliphatic rings. The maximum absolute atomic E-state index is 13.6. The minimum Gasteiger partial charge on any atom is -0.508 e. The predicted octanol–water partition coefficient (Wildman–Crippen LogP) is 15.5. The summed E-state index contributed by atoms with van der Waals surface area (Å²) in [5, 5.41) is 51.5. The highest BCUT2D eigenvalue weighted by Gasteiger charge is 2.40. The number of halogens is 8. The van der Waals surface area contributed by atoms with Gasteiger partial charge in [-0.1, -0.05) is 98.1 Å². The lowest BCUT2D eigenvalue weighted by molar-refractivity contribution is -0.125. The van der Waals surface area contributed by atoms with E-state index in [4.69, 9.17) is 96.0 Å². The highest BCUT2D eigenvalue weighted by molar-refractivity contribution is 7.80. The fourth-order valence-corrected chi connectivity index (χ4v) is 11.6. The van der Waals surface area contributed by atoms with Crippen LogP contribution in [0.25, 0.3) is 32.9 Å². The second-order valence-corrected chi connectivity index (χ2v) is 35.6. The van der Waals surface area contributed by atoms with E-state index in [1.165, 1.54) is 66.7 Å². The molecule has 2 atom stereocenters. The first-order chi connectivity index (χ1) is 54.4. The number of phenols is 2. The monoisotopic (exact) mass is 1760 g/mol. The summed E-state index contributed by atoms with van der Waals surface area (Å²) in [5.74, 6) is -5.46. The van der Waals surface area contributed by atoms with Gasteiger partial charge in [0.2, 0.25) is 11.8 Å². The predicted molar refractivity (Wildman–Crippen MR) is 447 cm³/mol. The molecule has 40 heteroatoms. The number of carbonyl (C=O) groups is 4. The molecule has 4 amide bonds. The number of fused-ring (bicyclic) bond motifs is 3. The normalized spacial score (nSPS) is 13.7. The summed E-state index contributed by atoms with van der Waals surface area (Å²) in [6.45, 7) is 25.5. The number of ether oxygens (including phenoxy) is 2. The van der Waals surface area contributed by atoms with Gasteiger partial charge in [0.15, 0.2) is 0 Å². The van der Waals surface area contributed by atoms with Crippen molar-refractivity contribution in [2.24, 2.45) is 21.6 Å². The number of piperidine rings is 2. The van der Waals surface area contributed by atoms with Crippen LogP contribution >= 0.6 is 79.0 Å². The van der Waals surface area contributed by atoms with Crippen molar-refractivity contribution in [2.75, 3.05) is 57.8 Å². The standard InChI is InChI=1S/C24H32FN5O3.C16H30N4O.C10H10FNO3S.2C8H4FNO2S.C6H5FO.C4H5NO2S.Al.3ClH/c1-5-10-30-11-8-24(15-26,9-12-30)29-21(31)18(14-23(2,3)4)27-20-17-7-6-16(25)13-19(17)33-22(32)28-20;1-5-8-20-9-6-16(12-17,7-10-20)19-14(21)13(18)11-15(2,3)4;1-2-15-10(14)12-9(16)7-4-3-6(13)5-8(7)11;2*9-4-1-2-5-6(3-4)12-8(11)10-7(5)13;7-5-2-1-3-6(8)4-5;1-2-7-4(6)5-3-8;;;;/h6-7,13,18H,5,8-12,14H2,1-4H3,(H,29,31)(H,27,28,32);13H,5-11,18H2,1-4H3,(H,19,21);3-5,13H,2H2,1H3,(H,12,14,16);2*1-3H,(H,10,11,13);1-4,8H;2H2,1H3;;3*1H/q;;;;;;;+3;;;/p-3/t18-;;;;;;;;;;/m0........../s1. The molecule has 0 aliphatic carbocycles. The topological polar surface area (TPSA) is 403 Å². The average molecular weight is 1770 g/mol. The van der Waals surface area contributed by atoms with Crippen LogP contribution in [0.5, 0.6) is 11.5 Å². The molecule has 2 saturated heterocycles. The van der Waals surface area contributed by atoms with E-state index in [-0.39, 0.29) is 83.2 Å². The number of nitrogens with zero attached hydrogens (tertiary/aromatic N) is 6. The zero-order valence-corrected chi connectivity index (χ0v) is 71.7. The number of nitriles is 2. The van der Waals surface area contributed by atoms with E-state index in [0.29, 0.717) is 61.3 Å². The number of alkyl carbamates (subject to hydrolysis) is 1. The Kier molecular flexibility index (Phi) is 43.4. The lowest BCUT2D eigenvalue weighted by atomic mass is 9.85. The molecule has 0 bridgehead atoms. The number of likely N-dealkylation sites (tertiary alicyclic amines) is 2. The fraction of sp³-hybridized carbons (Fsp3) is 0.421. The molecule has 626 valence electrons. The number of hydrogen-bond acceptors (Lipinski definition) is 25. The summed E-state index contributed by atoms with van der Waals surface area (Å²) in [5.41, 5.74) is 4.46. The van der Waals surface area contributed by atoms with Crippen molar-refractivity contribution in [1.29, 1.82) is 10.5 Å². The number of rotatable bonds is 15. The Hall–Kier alpha value is -9.16. The molecule has 10 rings (SSSR count). The summed E-state index contributed by atoms with van der Waals surface area (Å²) in [6, 6.07) is 23.5. The van der Waals surface area contributed by atoms with Gasteiger partial charge in [-0.2, -0.15) is 15.5 Å². The third-order valence-electron chi connectivity index (χ3n) is 16.0. The minimum absolute atomic E-state index is 0.00104. The molecular formula is C76H90AlCl3F5N13O14S4. The number of aliphatic imine (C=N–C) groups is 1. The molecule has 27 nitrogen and oxygen atoms in total. The van der Waals surface area contributed by atoms with Crippen LogP contribution in [0, 0.1) is 71.9 Å². The number of aromatic nitrogens is 3. The van der Waals surface area contributed by atoms with E-state index in [1.807, 2.05) is 25.9 Å². The number of nitrogens with one attached hydrogen (secondary N) is 6. The number of aromatic hydroxyl groups is 2. The number of anilines is 1. The van der Waals surface area contributed by atoms with Crippen molar-refractivity contribution in [3.05, 3.63) is 173 Å². The Labute approximate surface area is 703 Å². The van der Waals surface area contributed by atoms with Crippen LogP contribution in [0.4, 0.5) is 37.4 Å². The molecule has 5 aromatic carbocycles. The molecule has 116 heavy (non-hydrogen) atoms. The van der Waals surface area contributed by atoms with Gasteiger partial charge in [-0.15, -0.1) is 4.99 Å². The van der Waals surface area contributed by atoms with Gasteiger partial charge in [-0.05, 0) is 162 Å². The zero-order valence-electron chi connectivity index (χ0n) is 65.0. The van der Waals surface area contributed by atoms with E-state index in [2.05, 4.69) is 119 Å². The summed E-state index contributed by atoms with van der Waals surface area (Å²) in [4.78, 5) is 96.4. The van der Waals surface area contributed by atoms with Gasteiger partial charge in [-0.25, -0.2) is 76.1 Å². The molecule has 0 saturated carbocycles. The molecule has 5 heterocycles. The van der Waals surface area contributed by atoms with Crippen molar-refractivity contribution in [2.45, 2.75) is 144 Å². The maximum atomic E-state index is 13.6. The first kappa shape index (κ1) is 101. The molecule has 10 N–H and O–H groups in total. The molecule has 0 spiro atoms. The smallest absolute Gasteiger partial charge is 0.508 e. The summed E-state index contributed by atoms with van der Waals surface area (Å²) >= 11 is 16.9. The molecule has 8 aromatic rings. The Morgan fingerprint density at radius 3 is 1.48 bits per heavy atom. The van der Waals surface area contributed by atoms with Crippen LogP contribution in [0.15, 0.2) is 130 Å². The summed E-state index contributed by atoms with van der Waals surface area (Å²) in [7, 11) is 14.8. The van der Waals surface area contributed by atoms with Crippen molar-refractivity contribution >= 4 is 163 Å². The molecule has 1 unspecified atom stereocenters. The van der Waals surface area contributed by atoms with Crippen molar-refractivity contribution in [3.63, 3.8) is 0 Å². The van der Waals surface area contributed by atoms with Gasteiger partial charge in [0.25, 0.3) is 0 Å². The first-order valence-electron chi connectivity index (χ1n) is 35.7. The summed E-state index contributed by atoms with van der Waals surface area (Å²) < 4.78 is 88.2. The van der Waals surface area contributed by atoms with Crippen LogP contribution in [0.3, 0.4) is 0 Å². The lowest BCUT2D eigenvalue weighted by Gasteiger charge is -2.39. The Balaban J connectivity index is 0.000000366. The van der Waals surface area contributed by atoms with Crippen LogP contribution < -0.4 is 44.3 Å². The first-order valence-corrected chi connectivity index (χ1v) is 42.6. The van der Waals surface area contributed by atoms with Crippen LogP contribution in [0.2, 0.25) is 0 Å². The highest BCUT2D eigenvalue weighted by atomic mass is 35.8. The van der Waals surface area contributed by atoms with Gasteiger partial charge in [0.05, 0.1) is 52.7 Å². The molecule has 2 fully saturated rings. The number of isothiocyanates is 1. The van der Waals surface area contributed by atoms with E-state index < -0.39 is 93.1 Å². The molecule has 2 aliphatic heterocycles. The Morgan fingerprint density at radius 1 is 0.655 bits per heavy atom. The zero-order chi connectivity index (χ0) is 87.3. The number of phenolic OH excluding ortho intramolecular Hbond substituents is 2. The fourth-order valence-electron chi connectivity index (χ4n) is 10.8. The van der Waals surface area contributed by atoms with Gasteiger partial charge in [0.1, 0.15) is 94.5 Å². The lowest BCUT2D eigenvalue weighted by Crippen LogP contribution is -2.58. The number of benzene rings is 5. The molecule has 3 aromatic heterocycles. The number of amides is 4. The molecule has 0 radical (unpaired) electrons. The SMILES string of the molecule is CCCN1CCC(C#N)(NC(=O)C(N)CC(C)(C)C)CC1.CCCN1CCC(C#N)(NC(=O)[C@H](CC(C)(C)C)Nc2nc(=O)oc3cc(F)ccc23)CC1.CCOC(=O)N=C=S.CCOC(=O)NC(=S)c1ccc(O)cc1F.O=c1[nH]c(=S)c2ccc(F)cc2o1.O=c1[nH]c(=S)c2ccc(F)cc2o1.Oc1cccc(F)c1.[Cl][Al]([Cl])[Cl]. The maximum Gasteiger partial charge on any atom is 0.643 e. The second-order valence-electron chi connectivity index (χ2n) is 27.8. The Morgan fingerprint density at radius 2 is 1.09 bits per heavy atom. The number of hydrogen-bond donors (Lipinski definition) is 9. The van der Waals surface area contributed by atoms with E-state index in [0.717, 1.165) is 82.4 Å². The number of aromatic amines is 2. The van der Waals surface area contributed by atoms with Crippen molar-refractivity contribution in [3.8, 4) is 23.6 Å². The van der Waals surface area contributed by atoms with Gasteiger partial charge < -0.3 is 64.4 Å². The third kappa shape index (κ3) is 37.4. The van der Waals surface area contributed by atoms with E-state index >= 15 is 0 Å². The average Bonchev–Trinajstić information content (AvgIpc) is 0.795. The molecular weight excluding hydrogens is 1680 g/mol. The van der Waals surface area contributed by atoms with Crippen molar-refractivity contribution in [1.82, 2.24) is 40.7 Å². The van der Waals surface area contributed by atoms with Gasteiger partial charge in [0, 0.05) is 62.1 Å². The largest absolute Gasteiger partial charge is 0.643 e. The van der Waals surface area contributed by atoms with Crippen molar-refractivity contribution < 1.29 is 74.1 Å². The number of H-pyrrole nitrogens is 2. The summed E-state index contributed by atoms with van der Waals surface area (Å²) in [6.07, 6.45) is 4.23. The van der Waals surface area contributed by atoms with Crippen LogP contribution in [0.1, 0.15) is 126 Å². The number of thiocarbonyl (C=S) groups is 2. The minimum atomic E-state index is -1.72. The van der Waals surface area contributed by atoms with E-state index in [1.54, 1.807) is 13.8 Å². The van der Waals surface area contributed by atoms with Crippen LogP contribution in [-0.4, -0.2) is 156 Å². The second kappa shape index (κ2) is 49.8.